The van der Waals surface area contributed by atoms with Crippen LogP contribution in [0.1, 0.15) is 16.1 Å². The molecular weight excluding hydrogens is 295 g/mol. The number of H-pyrrole nitrogens is 2. The first-order valence-electron chi connectivity index (χ1n) is 5.39. The summed E-state index contributed by atoms with van der Waals surface area (Å²) in [5, 5.41) is 8.01. The molecule has 11 heteroatoms. The molecule has 2 rings (SSSR count). The van der Waals surface area contributed by atoms with E-state index < -0.39 is 28.9 Å². The van der Waals surface area contributed by atoms with E-state index in [9.17, 15) is 22.8 Å². The highest BCUT2D eigenvalue weighted by Crippen LogP contribution is 2.26. The number of ether oxygens (including phenoxy) is 1. The molecule has 0 aliphatic rings. The Balaban J connectivity index is 2.22. The second-order valence-electron chi connectivity index (χ2n) is 3.74. The number of hydrogen-bond donors (Lipinski definition) is 3. The van der Waals surface area contributed by atoms with Gasteiger partial charge in [-0.3, -0.25) is 14.9 Å². The molecule has 0 unspecified atom stereocenters. The highest BCUT2D eigenvalue weighted by molar-refractivity contribution is 6.03. The van der Waals surface area contributed by atoms with E-state index in [0.717, 1.165) is 6.07 Å². The lowest BCUT2D eigenvalue weighted by Gasteiger charge is -2.06. The second-order valence-corrected chi connectivity index (χ2v) is 3.74. The maximum atomic E-state index is 12.4. The minimum atomic E-state index is -4.70. The van der Waals surface area contributed by atoms with E-state index in [0.29, 0.717) is 6.07 Å². The standard InChI is InChI=1S/C10H8F3N5O3/c1-21-9-16-8(17-18-9)15-7(20)4-2-3-5(10(11,12)13)14-6(4)19/h2-3H,1H3,(H,14,19)(H2,15,16,17,18,20). The maximum absolute atomic E-state index is 12.4. The van der Waals surface area contributed by atoms with Crippen LogP contribution in [0.25, 0.3) is 0 Å². The summed E-state index contributed by atoms with van der Waals surface area (Å²) in [7, 11) is 1.30. The van der Waals surface area contributed by atoms with Gasteiger partial charge in [0.05, 0.1) is 7.11 Å². The lowest BCUT2D eigenvalue weighted by Crippen LogP contribution is -2.26. The number of hydrogen-bond acceptors (Lipinski definition) is 5. The molecule has 2 aromatic rings. The van der Waals surface area contributed by atoms with Gasteiger partial charge in [0, 0.05) is 0 Å². The van der Waals surface area contributed by atoms with Crippen molar-refractivity contribution in [2.45, 2.75) is 6.18 Å². The fraction of sp³-hybridized carbons (Fsp3) is 0.200. The van der Waals surface area contributed by atoms with Gasteiger partial charge >= 0.3 is 12.2 Å². The molecule has 112 valence electrons. The molecule has 0 radical (unpaired) electrons. The van der Waals surface area contributed by atoms with Crippen molar-refractivity contribution in [2.24, 2.45) is 0 Å². The third kappa shape index (κ3) is 3.19. The Morgan fingerprint density at radius 2 is 2.10 bits per heavy atom. The van der Waals surface area contributed by atoms with E-state index >= 15 is 0 Å². The Kier molecular flexibility index (Phi) is 3.65. The summed E-state index contributed by atoms with van der Waals surface area (Å²) in [6.45, 7) is 0. The number of pyridine rings is 1. The molecule has 21 heavy (non-hydrogen) atoms. The van der Waals surface area contributed by atoms with E-state index in [1.54, 1.807) is 4.98 Å². The quantitative estimate of drug-likeness (QED) is 0.775. The molecule has 1 amide bonds. The molecule has 8 nitrogen and oxygen atoms in total. The van der Waals surface area contributed by atoms with Gasteiger partial charge in [-0.1, -0.05) is 0 Å². The first kappa shape index (κ1) is 14.6. The molecule has 3 N–H and O–H groups in total. The Morgan fingerprint density at radius 3 is 2.62 bits per heavy atom. The summed E-state index contributed by atoms with van der Waals surface area (Å²) in [6.07, 6.45) is -4.70. The summed E-state index contributed by atoms with van der Waals surface area (Å²) < 4.78 is 41.8. The monoisotopic (exact) mass is 303 g/mol. The van der Waals surface area contributed by atoms with Crippen LogP contribution in [0.2, 0.25) is 0 Å². The molecule has 0 saturated heterocycles. The minimum absolute atomic E-state index is 0.0494. The number of anilines is 1. The Bertz CT molecular complexity index is 721. The SMILES string of the molecule is COc1n[nH]c(NC(=O)c2ccc(C(F)(F)F)[nH]c2=O)n1. The maximum Gasteiger partial charge on any atom is 0.431 e. The summed E-state index contributed by atoms with van der Waals surface area (Å²) in [6, 6.07) is 1.31. The predicted octanol–water partition coefficient (Wildman–Crippen LogP) is 0.773. The number of alkyl halides is 3. The van der Waals surface area contributed by atoms with Crippen LogP contribution in [-0.2, 0) is 6.18 Å². The fourth-order valence-corrected chi connectivity index (χ4v) is 1.39. The summed E-state index contributed by atoms with van der Waals surface area (Å²) in [5.41, 5.74) is -2.92. The molecule has 2 heterocycles. The van der Waals surface area contributed by atoms with Crippen molar-refractivity contribution < 1.29 is 22.7 Å². The smallest absolute Gasteiger partial charge is 0.431 e. The van der Waals surface area contributed by atoms with Crippen LogP contribution in [0.3, 0.4) is 0 Å². The first-order valence-corrected chi connectivity index (χ1v) is 5.39. The lowest BCUT2D eigenvalue weighted by molar-refractivity contribution is -0.141. The molecule has 0 atom stereocenters. The molecule has 0 fully saturated rings. The zero-order valence-electron chi connectivity index (χ0n) is 10.4. The highest BCUT2D eigenvalue weighted by Gasteiger charge is 2.32. The van der Waals surface area contributed by atoms with E-state index in [2.05, 4.69) is 25.2 Å². The number of nitrogens with one attached hydrogen (secondary N) is 3. The van der Waals surface area contributed by atoms with Gasteiger partial charge in [0.25, 0.3) is 11.5 Å². The van der Waals surface area contributed by atoms with Crippen LogP contribution < -0.4 is 15.6 Å². The van der Waals surface area contributed by atoms with Gasteiger partial charge in [-0.15, -0.1) is 5.10 Å². The predicted molar refractivity (Wildman–Crippen MR) is 63.0 cm³/mol. The fourth-order valence-electron chi connectivity index (χ4n) is 1.39. The molecule has 0 aliphatic heterocycles. The third-order valence-electron chi connectivity index (χ3n) is 2.34. The number of carbonyl (C=O) groups is 1. The number of amides is 1. The largest absolute Gasteiger partial charge is 0.466 e. The molecule has 0 saturated carbocycles. The van der Waals surface area contributed by atoms with Gasteiger partial charge in [0.15, 0.2) is 0 Å². The van der Waals surface area contributed by atoms with Gasteiger partial charge in [-0.2, -0.15) is 18.2 Å². The number of aromatic nitrogens is 4. The Morgan fingerprint density at radius 1 is 1.38 bits per heavy atom. The van der Waals surface area contributed by atoms with Gasteiger partial charge in [0.2, 0.25) is 5.95 Å². The van der Waals surface area contributed by atoms with Crippen molar-refractivity contribution in [3.63, 3.8) is 0 Å². The number of rotatable bonds is 3. The second kappa shape index (κ2) is 5.26. The van der Waals surface area contributed by atoms with E-state index in [1.165, 1.54) is 7.11 Å². The number of aromatic amines is 2. The van der Waals surface area contributed by atoms with Crippen molar-refractivity contribution in [1.82, 2.24) is 20.2 Å². The summed E-state index contributed by atoms with van der Waals surface area (Å²) >= 11 is 0. The third-order valence-corrected chi connectivity index (χ3v) is 2.34. The zero-order chi connectivity index (χ0) is 15.6. The summed E-state index contributed by atoms with van der Waals surface area (Å²) in [5.74, 6) is -1.06. The molecule has 0 aliphatic carbocycles. The van der Waals surface area contributed by atoms with Crippen LogP contribution in [0.15, 0.2) is 16.9 Å². The van der Waals surface area contributed by atoms with Crippen molar-refractivity contribution in [2.75, 3.05) is 12.4 Å². The minimum Gasteiger partial charge on any atom is -0.466 e. The van der Waals surface area contributed by atoms with Crippen LogP contribution in [-0.4, -0.2) is 33.2 Å². The molecular formula is C10H8F3N5O3. The van der Waals surface area contributed by atoms with Crippen molar-refractivity contribution in [1.29, 1.82) is 0 Å². The topological polar surface area (TPSA) is 113 Å². The lowest BCUT2D eigenvalue weighted by atomic mass is 10.2. The molecule has 0 spiro atoms. The van der Waals surface area contributed by atoms with Crippen molar-refractivity contribution >= 4 is 11.9 Å². The van der Waals surface area contributed by atoms with Gasteiger partial charge in [-0.25, -0.2) is 5.10 Å². The van der Waals surface area contributed by atoms with Crippen molar-refractivity contribution in [3.8, 4) is 6.01 Å². The Labute approximate surface area is 114 Å². The Hall–Kier alpha value is -2.85. The molecule has 0 aromatic carbocycles. The van der Waals surface area contributed by atoms with E-state index in [1.807, 2.05) is 0 Å². The van der Waals surface area contributed by atoms with Crippen LogP contribution in [0.4, 0.5) is 19.1 Å². The summed E-state index contributed by atoms with van der Waals surface area (Å²) in [4.78, 5) is 28.5. The average molecular weight is 303 g/mol. The number of halogens is 3. The molecule has 0 bridgehead atoms. The zero-order valence-corrected chi connectivity index (χ0v) is 10.4. The normalized spacial score (nSPS) is 11.2. The number of methoxy groups -OCH3 is 1. The number of carbonyl (C=O) groups excluding carboxylic acids is 1. The molecule has 2 aromatic heterocycles. The van der Waals surface area contributed by atoms with Crippen LogP contribution in [0, 0.1) is 0 Å². The van der Waals surface area contributed by atoms with E-state index in [4.69, 9.17) is 0 Å². The van der Waals surface area contributed by atoms with E-state index in [-0.39, 0.29) is 12.0 Å². The van der Waals surface area contributed by atoms with Gasteiger partial charge in [0.1, 0.15) is 11.3 Å². The van der Waals surface area contributed by atoms with Gasteiger partial charge in [-0.05, 0) is 12.1 Å². The first-order chi connectivity index (χ1) is 9.81. The number of nitrogens with zero attached hydrogens (tertiary/aromatic N) is 2. The van der Waals surface area contributed by atoms with Crippen LogP contribution >= 0.6 is 0 Å². The van der Waals surface area contributed by atoms with Crippen molar-refractivity contribution in [3.05, 3.63) is 33.7 Å². The average Bonchev–Trinajstić information content (AvgIpc) is 2.85. The van der Waals surface area contributed by atoms with Gasteiger partial charge < -0.3 is 9.72 Å². The van der Waals surface area contributed by atoms with Crippen LogP contribution in [0.5, 0.6) is 6.01 Å². The highest BCUT2D eigenvalue weighted by atomic mass is 19.4.